The molecule has 0 aromatic heterocycles. The Labute approximate surface area is 66.7 Å². The Bertz CT molecular complexity index is 217. The van der Waals surface area contributed by atoms with Crippen molar-refractivity contribution in [3.63, 3.8) is 0 Å². The highest BCUT2D eigenvalue weighted by Crippen LogP contribution is 2.16. The molecule has 2 heterocycles. The van der Waals surface area contributed by atoms with Gasteiger partial charge in [0, 0.05) is 25.0 Å². The number of hydrazine groups is 1. The molecule has 2 aliphatic heterocycles. The molecule has 0 aromatic carbocycles. The second kappa shape index (κ2) is 2.58. The van der Waals surface area contributed by atoms with E-state index in [1.807, 2.05) is 6.20 Å². The largest absolute Gasteiger partial charge is 0.308 e. The van der Waals surface area contributed by atoms with Crippen molar-refractivity contribution in [2.45, 2.75) is 6.42 Å². The average molecular weight is 151 g/mol. The Hall–Kier alpha value is -0.960. The summed E-state index contributed by atoms with van der Waals surface area (Å²) in [5.41, 5.74) is 8.91. The molecule has 0 amide bonds. The molecule has 0 saturated heterocycles. The smallest absolute Gasteiger partial charge is 0.0487 e. The second-order valence-electron chi connectivity index (χ2n) is 3.09. The summed E-state index contributed by atoms with van der Waals surface area (Å²) in [6.45, 7) is 2.21. The summed E-state index contributed by atoms with van der Waals surface area (Å²) < 4.78 is 0. The molecular weight excluding hydrogens is 138 g/mol. The Balaban J connectivity index is 2.19. The predicted octanol–water partition coefficient (Wildman–Crippen LogP) is 0.198. The van der Waals surface area contributed by atoms with Gasteiger partial charge >= 0.3 is 0 Å². The molecule has 0 spiro atoms. The molecule has 0 unspecified atom stereocenters. The molecule has 3 nitrogen and oxygen atoms in total. The van der Waals surface area contributed by atoms with Crippen LogP contribution in [0, 0.1) is 0 Å². The number of rotatable bonds is 0. The van der Waals surface area contributed by atoms with Crippen LogP contribution < -0.4 is 10.9 Å². The fourth-order valence-corrected chi connectivity index (χ4v) is 1.49. The minimum atomic E-state index is 1.03. The third kappa shape index (κ3) is 1.24. The molecular formula is C8H13N3. The van der Waals surface area contributed by atoms with E-state index in [1.54, 1.807) is 0 Å². The van der Waals surface area contributed by atoms with Crippen molar-refractivity contribution >= 4 is 0 Å². The van der Waals surface area contributed by atoms with Gasteiger partial charge in [-0.25, -0.2) is 0 Å². The van der Waals surface area contributed by atoms with Crippen LogP contribution in [0.3, 0.4) is 0 Å². The predicted molar refractivity (Wildman–Crippen MR) is 44.6 cm³/mol. The van der Waals surface area contributed by atoms with Crippen LogP contribution in [0.4, 0.5) is 0 Å². The molecule has 0 radical (unpaired) electrons. The summed E-state index contributed by atoms with van der Waals surface area (Å²) in [6.07, 6.45) is 5.26. The van der Waals surface area contributed by atoms with Crippen molar-refractivity contribution in [1.82, 2.24) is 15.8 Å². The van der Waals surface area contributed by atoms with Crippen LogP contribution in [0.5, 0.6) is 0 Å². The highest BCUT2D eigenvalue weighted by atomic mass is 15.4. The maximum atomic E-state index is 3.15. The summed E-state index contributed by atoms with van der Waals surface area (Å²) in [5, 5.41) is 0. The minimum Gasteiger partial charge on any atom is -0.308 e. The first-order valence-electron chi connectivity index (χ1n) is 3.95. The van der Waals surface area contributed by atoms with E-state index in [2.05, 4.69) is 28.9 Å². The lowest BCUT2D eigenvalue weighted by molar-refractivity contribution is 0.334. The van der Waals surface area contributed by atoms with Gasteiger partial charge in [-0.2, -0.15) is 0 Å². The number of allylic oxidation sites excluding steroid dienone is 1. The maximum Gasteiger partial charge on any atom is 0.0487 e. The average Bonchev–Trinajstić information content (AvgIpc) is 2.04. The van der Waals surface area contributed by atoms with E-state index in [1.165, 1.54) is 17.8 Å². The lowest BCUT2D eigenvalue weighted by Crippen LogP contribution is -2.39. The van der Waals surface area contributed by atoms with Crippen molar-refractivity contribution in [2.24, 2.45) is 0 Å². The van der Waals surface area contributed by atoms with Crippen LogP contribution in [0.25, 0.3) is 0 Å². The summed E-state index contributed by atoms with van der Waals surface area (Å²) in [4.78, 5) is 2.31. The second-order valence-corrected chi connectivity index (χ2v) is 3.09. The first-order valence-corrected chi connectivity index (χ1v) is 3.95. The number of hydrogen-bond donors (Lipinski definition) is 2. The molecule has 0 fully saturated rings. The SMILES string of the molecule is CN1CCC2=C(C1)NNC=C2. The van der Waals surface area contributed by atoms with E-state index < -0.39 is 0 Å². The summed E-state index contributed by atoms with van der Waals surface area (Å²) >= 11 is 0. The van der Waals surface area contributed by atoms with Gasteiger partial charge in [0.15, 0.2) is 0 Å². The van der Waals surface area contributed by atoms with Gasteiger partial charge in [0.1, 0.15) is 0 Å². The summed E-state index contributed by atoms with van der Waals surface area (Å²) in [6, 6.07) is 0. The van der Waals surface area contributed by atoms with Crippen molar-refractivity contribution < 1.29 is 0 Å². The van der Waals surface area contributed by atoms with E-state index in [-0.39, 0.29) is 0 Å². The summed E-state index contributed by atoms with van der Waals surface area (Å²) in [7, 11) is 2.14. The van der Waals surface area contributed by atoms with Crippen molar-refractivity contribution in [2.75, 3.05) is 20.1 Å². The van der Waals surface area contributed by atoms with E-state index in [9.17, 15) is 0 Å². The first kappa shape index (κ1) is 6.73. The van der Waals surface area contributed by atoms with E-state index >= 15 is 0 Å². The third-order valence-corrected chi connectivity index (χ3v) is 2.17. The molecule has 2 rings (SSSR count). The van der Waals surface area contributed by atoms with Crippen LogP contribution in [-0.2, 0) is 0 Å². The fraction of sp³-hybridized carbons (Fsp3) is 0.500. The molecule has 0 aromatic rings. The Kier molecular flexibility index (Phi) is 1.58. The van der Waals surface area contributed by atoms with Crippen LogP contribution in [-0.4, -0.2) is 25.0 Å². The Morgan fingerprint density at radius 2 is 2.45 bits per heavy atom. The first-order chi connectivity index (χ1) is 5.36. The van der Waals surface area contributed by atoms with Crippen molar-refractivity contribution in [3.8, 4) is 0 Å². The number of nitrogens with zero attached hydrogens (tertiary/aromatic N) is 1. The Morgan fingerprint density at radius 3 is 3.36 bits per heavy atom. The van der Waals surface area contributed by atoms with Gasteiger partial charge in [-0.1, -0.05) is 0 Å². The molecule has 2 N–H and O–H groups in total. The zero-order valence-electron chi connectivity index (χ0n) is 6.72. The zero-order valence-corrected chi connectivity index (χ0v) is 6.72. The van der Waals surface area contributed by atoms with E-state index in [4.69, 9.17) is 0 Å². The van der Waals surface area contributed by atoms with Gasteiger partial charge in [0.2, 0.25) is 0 Å². The fourth-order valence-electron chi connectivity index (χ4n) is 1.49. The normalized spacial score (nSPS) is 24.1. The molecule has 0 aliphatic carbocycles. The van der Waals surface area contributed by atoms with Crippen LogP contribution >= 0.6 is 0 Å². The molecule has 0 bridgehead atoms. The zero-order chi connectivity index (χ0) is 7.68. The van der Waals surface area contributed by atoms with Gasteiger partial charge in [0.05, 0.1) is 0 Å². The van der Waals surface area contributed by atoms with E-state index in [0.29, 0.717) is 0 Å². The Morgan fingerprint density at radius 1 is 1.55 bits per heavy atom. The van der Waals surface area contributed by atoms with Gasteiger partial charge in [-0.15, -0.1) is 0 Å². The monoisotopic (exact) mass is 151 g/mol. The highest BCUT2D eigenvalue weighted by Gasteiger charge is 2.15. The van der Waals surface area contributed by atoms with Gasteiger partial charge in [-0.3, -0.25) is 0 Å². The number of hydrogen-bond acceptors (Lipinski definition) is 3. The number of likely N-dealkylation sites (N-methyl/N-ethyl adjacent to an activating group) is 1. The molecule has 60 valence electrons. The molecule has 11 heavy (non-hydrogen) atoms. The third-order valence-electron chi connectivity index (χ3n) is 2.17. The molecule has 0 saturated carbocycles. The van der Waals surface area contributed by atoms with Crippen molar-refractivity contribution in [3.05, 3.63) is 23.5 Å². The van der Waals surface area contributed by atoms with Gasteiger partial charge in [0.25, 0.3) is 0 Å². The van der Waals surface area contributed by atoms with Gasteiger partial charge in [-0.05, 0) is 25.1 Å². The minimum absolute atomic E-state index is 1.03. The quantitative estimate of drug-likeness (QED) is 0.518. The van der Waals surface area contributed by atoms with Crippen LogP contribution in [0.1, 0.15) is 6.42 Å². The number of nitrogens with one attached hydrogen (secondary N) is 2. The lowest BCUT2D eigenvalue weighted by Gasteiger charge is -2.29. The van der Waals surface area contributed by atoms with E-state index in [0.717, 1.165) is 13.0 Å². The van der Waals surface area contributed by atoms with Gasteiger partial charge < -0.3 is 15.8 Å². The molecule has 3 heteroatoms. The molecule has 0 atom stereocenters. The lowest BCUT2D eigenvalue weighted by atomic mass is 10.1. The topological polar surface area (TPSA) is 27.3 Å². The van der Waals surface area contributed by atoms with Crippen LogP contribution in [0.2, 0.25) is 0 Å². The van der Waals surface area contributed by atoms with Crippen molar-refractivity contribution in [1.29, 1.82) is 0 Å². The van der Waals surface area contributed by atoms with Crippen LogP contribution in [0.15, 0.2) is 23.5 Å². The highest BCUT2D eigenvalue weighted by molar-refractivity contribution is 5.29. The molecule has 2 aliphatic rings. The maximum absolute atomic E-state index is 3.15. The summed E-state index contributed by atoms with van der Waals surface area (Å²) in [5.74, 6) is 0. The standard InChI is InChI=1S/C8H13N3/c1-11-5-3-7-2-4-9-10-8(7)6-11/h2,4,9-10H,3,5-6H2,1H3.